The lowest BCUT2D eigenvalue weighted by atomic mass is 10.1. The predicted molar refractivity (Wildman–Crippen MR) is 122 cm³/mol. The van der Waals surface area contributed by atoms with Gasteiger partial charge in [0.25, 0.3) is 0 Å². The van der Waals surface area contributed by atoms with E-state index in [-0.39, 0.29) is 6.10 Å². The number of rotatable bonds is 7. The SMILES string of the molecule is CC(Cn1cnnn1)Oc1cc(-c2cnc(Nc3cccc4c3CCC4)nc2)ccc1Cl. The molecule has 1 aliphatic rings. The highest BCUT2D eigenvalue weighted by molar-refractivity contribution is 6.32. The van der Waals surface area contributed by atoms with Gasteiger partial charge in [-0.05, 0) is 71.5 Å². The van der Waals surface area contributed by atoms with Crippen molar-refractivity contribution in [2.75, 3.05) is 5.32 Å². The highest BCUT2D eigenvalue weighted by Gasteiger charge is 2.15. The molecule has 162 valence electrons. The van der Waals surface area contributed by atoms with Crippen molar-refractivity contribution in [3.63, 3.8) is 0 Å². The lowest BCUT2D eigenvalue weighted by Crippen LogP contribution is -2.20. The lowest BCUT2D eigenvalue weighted by Gasteiger charge is -2.16. The van der Waals surface area contributed by atoms with Gasteiger partial charge in [-0.2, -0.15) is 0 Å². The predicted octanol–water partition coefficient (Wildman–Crippen LogP) is 4.48. The average Bonchev–Trinajstić information content (AvgIpc) is 3.48. The third-order valence-electron chi connectivity index (χ3n) is 5.47. The van der Waals surface area contributed by atoms with Crippen molar-refractivity contribution in [2.45, 2.75) is 38.8 Å². The highest BCUT2D eigenvalue weighted by atomic mass is 35.5. The van der Waals surface area contributed by atoms with Gasteiger partial charge in [0.2, 0.25) is 5.95 Å². The van der Waals surface area contributed by atoms with Crippen LogP contribution in [0.15, 0.2) is 55.1 Å². The van der Waals surface area contributed by atoms with Crippen LogP contribution in [0.3, 0.4) is 0 Å². The number of hydrogen-bond acceptors (Lipinski definition) is 7. The van der Waals surface area contributed by atoms with Gasteiger partial charge in [-0.1, -0.05) is 29.8 Å². The van der Waals surface area contributed by atoms with Gasteiger partial charge in [0, 0.05) is 23.6 Å². The first kappa shape index (κ1) is 20.4. The number of ether oxygens (including phenoxy) is 1. The summed E-state index contributed by atoms with van der Waals surface area (Å²) in [6, 6.07) is 12.0. The summed E-state index contributed by atoms with van der Waals surface area (Å²) in [5, 5.41) is 15.0. The van der Waals surface area contributed by atoms with E-state index in [0.717, 1.165) is 29.7 Å². The molecule has 9 heteroatoms. The molecule has 2 aromatic heterocycles. The smallest absolute Gasteiger partial charge is 0.227 e. The van der Waals surface area contributed by atoms with Crippen LogP contribution >= 0.6 is 11.6 Å². The van der Waals surface area contributed by atoms with Crippen LogP contribution in [0.5, 0.6) is 5.75 Å². The van der Waals surface area contributed by atoms with Gasteiger partial charge in [-0.25, -0.2) is 14.6 Å². The fourth-order valence-corrected chi connectivity index (χ4v) is 4.12. The van der Waals surface area contributed by atoms with Crippen molar-refractivity contribution in [2.24, 2.45) is 0 Å². The zero-order chi connectivity index (χ0) is 21.9. The first-order valence-corrected chi connectivity index (χ1v) is 10.9. The van der Waals surface area contributed by atoms with Gasteiger partial charge in [0.05, 0.1) is 11.6 Å². The molecule has 8 nitrogen and oxygen atoms in total. The number of benzene rings is 2. The third kappa shape index (κ3) is 4.40. The van der Waals surface area contributed by atoms with Crippen LogP contribution < -0.4 is 10.1 Å². The molecule has 0 spiro atoms. The Balaban J connectivity index is 1.31. The van der Waals surface area contributed by atoms with Gasteiger partial charge in [-0.3, -0.25) is 0 Å². The van der Waals surface area contributed by atoms with Gasteiger partial charge in [0.15, 0.2) is 0 Å². The molecule has 1 aliphatic carbocycles. The Morgan fingerprint density at radius 1 is 1.12 bits per heavy atom. The molecule has 5 rings (SSSR count). The number of aromatic nitrogens is 6. The monoisotopic (exact) mass is 447 g/mol. The standard InChI is InChI=1S/C23H22ClN7O/c1-15(13-31-14-27-29-30-31)32-22-10-17(8-9-20(22)24)18-11-25-23(26-12-18)28-21-7-3-5-16-4-2-6-19(16)21/h3,5,7-12,14-15H,2,4,6,13H2,1H3,(H,25,26,28). The number of anilines is 2. The van der Waals surface area contributed by atoms with Crippen LogP contribution in [0.4, 0.5) is 11.6 Å². The summed E-state index contributed by atoms with van der Waals surface area (Å²) in [6.07, 6.45) is 8.42. The van der Waals surface area contributed by atoms with E-state index in [1.54, 1.807) is 23.4 Å². The minimum Gasteiger partial charge on any atom is -0.487 e. The quantitative estimate of drug-likeness (QED) is 0.446. The zero-order valence-electron chi connectivity index (χ0n) is 17.6. The number of nitrogens with zero attached hydrogens (tertiary/aromatic N) is 6. The fraction of sp³-hybridized carbons (Fsp3) is 0.261. The second-order valence-corrected chi connectivity index (χ2v) is 8.23. The summed E-state index contributed by atoms with van der Waals surface area (Å²) in [6.45, 7) is 2.45. The molecule has 4 aromatic rings. The summed E-state index contributed by atoms with van der Waals surface area (Å²) >= 11 is 6.36. The molecule has 1 unspecified atom stereocenters. The van der Waals surface area contributed by atoms with Crippen molar-refractivity contribution >= 4 is 23.2 Å². The van der Waals surface area contributed by atoms with Crippen LogP contribution in [0.1, 0.15) is 24.5 Å². The number of aryl methyl sites for hydroxylation is 1. The molecule has 0 radical (unpaired) electrons. The molecule has 0 saturated carbocycles. The Labute approximate surface area is 190 Å². The molecule has 0 fully saturated rings. The van der Waals surface area contributed by atoms with Gasteiger partial charge < -0.3 is 10.1 Å². The molecule has 1 atom stereocenters. The van der Waals surface area contributed by atoms with Gasteiger partial charge >= 0.3 is 0 Å². The Morgan fingerprint density at radius 3 is 2.81 bits per heavy atom. The average molecular weight is 448 g/mol. The van der Waals surface area contributed by atoms with Crippen LogP contribution in [0, 0.1) is 0 Å². The minimum atomic E-state index is -0.165. The Bertz CT molecular complexity index is 1210. The highest BCUT2D eigenvalue weighted by Crippen LogP contribution is 2.32. The fourth-order valence-electron chi connectivity index (χ4n) is 3.95. The third-order valence-corrected chi connectivity index (χ3v) is 5.78. The molecular weight excluding hydrogens is 426 g/mol. The van der Waals surface area contributed by atoms with Gasteiger partial charge in [-0.15, -0.1) is 5.10 Å². The van der Waals surface area contributed by atoms with E-state index in [9.17, 15) is 0 Å². The van der Waals surface area contributed by atoms with E-state index in [4.69, 9.17) is 16.3 Å². The number of tetrazole rings is 1. The molecular formula is C23H22ClN7O. The van der Waals surface area contributed by atoms with Crippen molar-refractivity contribution in [1.29, 1.82) is 0 Å². The van der Waals surface area contributed by atoms with E-state index in [0.29, 0.717) is 23.3 Å². The summed E-state index contributed by atoms with van der Waals surface area (Å²) in [4.78, 5) is 9.03. The first-order valence-electron chi connectivity index (χ1n) is 10.5. The van der Waals surface area contributed by atoms with Crippen LogP contribution in [-0.4, -0.2) is 36.3 Å². The van der Waals surface area contributed by atoms with Crippen LogP contribution in [-0.2, 0) is 19.4 Å². The normalized spacial score (nSPS) is 13.6. The molecule has 2 heterocycles. The summed E-state index contributed by atoms with van der Waals surface area (Å²) < 4.78 is 7.64. The van der Waals surface area contributed by atoms with Crippen molar-refractivity contribution < 1.29 is 4.74 Å². The number of hydrogen-bond donors (Lipinski definition) is 1. The minimum absolute atomic E-state index is 0.165. The van der Waals surface area contributed by atoms with E-state index >= 15 is 0 Å². The maximum absolute atomic E-state index is 6.36. The van der Waals surface area contributed by atoms with Crippen LogP contribution in [0.2, 0.25) is 5.02 Å². The second kappa shape index (κ2) is 8.92. The molecule has 0 amide bonds. The van der Waals surface area contributed by atoms with Crippen molar-refractivity contribution in [3.8, 4) is 16.9 Å². The molecule has 0 aliphatic heterocycles. The summed E-state index contributed by atoms with van der Waals surface area (Å²) in [7, 11) is 0. The van der Waals surface area contributed by atoms with E-state index in [1.165, 1.54) is 17.5 Å². The van der Waals surface area contributed by atoms with E-state index < -0.39 is 0 Å². The Kier molecular flexibility index (Phi) is 5.68. The van der Waals surface area contributed by atoms with E-state index in [2.05, 4.69) is 49.0 Å². The molecule has 32 heavy (non-hydrogen) atoms. The number of fused-ring (bicyclic) bond motifs is 1. The maximum atomic E-state index is 6.36. The van der Waals surface area contributed by atoms with Crippen molar-refractivity contribution in [1.82, 2.24) is 30.2 Å². The van der Waals surface area contributed by atoms with E-state index in [1.807, 2.05) is 25.1 Å². The Morgan fingerprint density at radius 2 is 2.00 bits per heavy atom. The molecule has 2 aromatic carbocycles. The largest absolute Gasteiger partial charge is 0.487 e. The van der Waals surface area contributed by atoms with Crippen molar-refractivity contribution in [3.05, 3.63) is 71.3 Å². The van der Waals surface area contributed by atoms with Crippen LogP contribution in [0.25, 0.3) is 11.1 Å². The second-order valence-electron chi connectivity index (χ2n) is 7.82. The molecule has 1 N–H and O–H groups in total. The number of halogens is 1. The Hall–Kier alpha value is -3.52. The topological polar surface area (TPSA) is 90.6 Å². The number of nitrogens with one attached hydrogen (secondary N) is 1. The zero-order valence-corrected chi connectivity index (χ0v) is 18.3. The molecule has 0 bridgehead atoms. The summed E-state index contributed by atoms with van der Waals surface area (Å²) in [5.74, 6) is 1.17. The van der Waals surface area contributed by atoms with Gasteiger partial charge in [0.1, 0.15) is 18.2 Å². The molecule has 0 saturated heterocycles. The lowest BCUT2D eigenvalue weighted by molar-refractivity contribution is 0.193. The summed E-state index contributed by atoms with van der Waals surface area (Å²) in [5.41, 5.74) is 5.67. The first-order chi connectivity index (χ1) is 15.7. The maximum Gasteiger partial charge on any atom is 0.227 e.